The smallest absolute Gasteiger partial charge is 0.160 e. The molecule has 1 nitrogen and oxygen atoms in total. The summed E-state index contributed by atoms with van der Waals surface area (Å²) in [5, 5.41) is 1.18. The van der Waals surface area contributed by atoms with Gasteiger partial charge in [0, 0.05) is 17.5 Å². The van der Waals surface area contributed by atoms with Crippen molar-refractivity contribution in [3.05, 3.63) is 30.3 Å². The summed E-state index contributed by atoms with van der Waals surface area (Å²) in [6.07, 6.45) is 4.05. The molecule has 0 aromatic heterocycles. The van der Waals surface area contributed by atoms with E-state index in [2.05, 4.69) is 6.92 Å². The van der Waals surface area contributed by atoms with E-state index in [0.29, 0.717) is 6.42 Å². The Morgan fingerprint density at radius 1 is 1.27 bits per heavy atom. The van der Waals surface area contributed by atoms with E-state index >= 15 is 0 Å². The van der Waals surface area contributed by atoms with E-state index in [1.54, 1.807) is 5.80 Å². The summed E-state index contributed by atoms with van der Waals surface area (Å²) in [5.41, 5.74) is 0. The van der Waals surface area contributed by atoms with E-state index in [9.17, 15) is 4.79 Å². The maximum atomic E-state index is 11.4. The first kappa shape index (κ1) is 12.1. The van der Waals surface area contributed by atoms with E-state index in [1.807, 2.05) is 30.3 Å². The second kappa shape index (κ2) is 7.36. The molecule has 0 bridgehead atoms. The first-order valence-corrected chi connectivity index (χ1v) is 6.41. The van der Waals surface area contributed by atoms with Crippen molar-refractivity contribution in [1.82, 2.24) is 0 Å². The Balaban J connectivity index is 2.34. The predicted octanol–water partition coefficient (Wildman–Crippen LogP) is 3.21. The molecule has 0 fully saturated rings. The molecule has 1 aromatic rings. The average Bonchev–Trinajstić information content (AvgIpc) is 2.28. The van der Waals surface area contributed by atoms with E-state index in [1.165, 1.54) is 11.7 Å². The summed E-state index contributed by atoms with van der Waals surface area (Å²) >= 11 is 0. The molecular formula is C13H17OP. The highest BCUT2D eigenvalue weighted by atomic mass is 31.1. The van der Waals surface area contributed by atoms with Gasteiger partial charge in [-0.3, -0.25) is 4.79 Å². The molecule has 0 N–H and O–H groups in total. The minimum Gasteiger partial charge on any atom is -0.294 e. The molecule has 0 saturated heterocycles. The molecule has 0 spiro atoms. The standard InChI is InChI=1S/C13H17OP/c1-2-3-5-8-12(14)11-15-13-9-6-4-7-10-13/h4,6-7,9-11H,2-3,5,8H2,1H3. The van der Waals surface area contributed by atoms with Gasteiger partial charge >= 0.3 is 0 Å². The fraction of sp³-hybridized carbons (Fsp3) is 0.385. The Hall–Kier alpha value is -0.940. The zero-order valence-corrected chi connectivity index (χ0v) is 10.0. The summed E-state index contributed by atoms with van der Waals surface area (Å²) in [4.78, 5) is 11.4. The quantitative estimate of drug-likeness (QED) is 0.531. The third-order valence-electron chi connectivity index (χ3n) is 2.14. The van der Waals surface area contributed by atoms with Crippen LogP contribution >= 0.6 is 8.20 Å². The van der Waals surface area contributed by atoms with Crippen molar-refractivity contribution in [1.29, 1.82) is 0 Å². The fourth-order valence-electron chi connectivity index (χ4n) is 1.27. The predicted molar refractivity (Wildman–Crippen MR) is 68.2 cm³/mol. The van der Waals surface area contributed by atoms with Crippen LogP contribution in [0.4, 0.5) is 0 Å². The van der Waals surface area contributed by atoms with Gasteiger partial charge in [-0.15, -0.1) is 0 Å². The number of carbonyl (C=O) groups is 1. The number of ketones is 1. The molecule has 0 aliphatic rings. The van der Waals surface area contributed by atoms with Gasteiger partial charge in [0.25, 0.3) is 0 Å². The first-order chi connectivity index (χ1) is 7.33. The van der Waals surface area contributed by atoms with Crippen LogP contribution in [0, 0.1) is 0 Å². The second-order valence-corrected chi connectivity index (χ2v) is 4.55. The van der Waals surface area contributed by atoms with Crippen LogP contribution in [-0.2, 0) is 4.79 Å². The Kier molecular flexibility index (Phi) is 5.96. The number of rotatable bonds is 6. The lowest BCUT2D eigenvalue weighted by atomic mass is 10.2. The molecule has 0 amide bonds. The second-order valence-electron chi connectivity index (χ2n) is 3.52. The zero-order chi connectivity index (χ0) is 10.9. The normalized spacial score (nSPS) is 10.7. The minimum atomic E-state index is 0.272. The molecular weight excluding hydrogens is 203 g/mol. The van der Waals surface area contributed by atoms with Crippen LogP contribution in [0.3, 0.4) is 0 Å². The summed E-state index contributed by atoms with van der Waals surface area (Å²) in [6, 6.07) is 10.1. The maximum Gasteiger partial charge on any atom is 0.160 e. The van der Waals surface area contributed by atoms with Crippen molar-refractivity contribution in [3.8, 4) is 0 Å². The van der Waals surface area contributed by atoms with Gasteiger partial charge in [0.15, 0.2) is 5.78 Å². The van der Waals surface area contributed by atoms with Gasteiger partial charge in [-0.1, -0.05) is 58.3 Å². The van der Waals surface area contributed by atoms with Crippen LogP contribution in [0.5, 0.6) is 0 Å². The maximum absolute atomic E-state index is 11.4. The Bertz CT molecular complexity index is 317. The number of unbranched alkanes of at least 4 members (excludes halogenated alkanes) is 2. The van der Waals surface area contributed by atoms with Crippen molar-refractivity contribution < 1.29 is 4.79 Å². The number of benzene rings is 1. The largest absolute Gasteiger partial charge is 0.294 e. The van der Waals surface area contributed by atoms with Gasteiger partial charge in [-0.05, 0) is 6.42 Å². The molecule has 0 atom stereocenters. The number of hydrogen-bond acceptors (Lipinski definition) is 1. The lowest BCUT2D eigenvalue weighted by Crippen LogP contribution is -1.99. The molecule has 0 unspecified atom stereocenters. The topological polar surface area (TPSA) is 17.1 Å². The highest BCUT2D eigenvalue weighted by Crippen LogP contribution is 2.01. The van der Waals surface area contributed by atoms with Gasteiger partial charge in [-0.25, -0.2) is 0 Å². The molecule has 0 heterocycles. The van der Waals surface area contributed by atoms with Crippen LogP contribution in [0.2, 0.25) is 0 Å². The fourth-order valence-corrected chi connectivity index (χ4v) is 2.04. The summed E-state index contributed by atoms with van der Waals surface area (Å²) in [7, 11) is 1.02. The van der Waals surface area contributed by atoms with Gasteiger partial charge in [0.2, 0.25) is 0 Å². The van der Waals surface area contributed by atoms with Gasteiger partial charge in [0.05, 0.1) is 0 Å². The summed E-state index contributed by atoms with van der Waals surface area (Å²) in [5.74, 6) is 2.05. The molecule has 0 aliphatic heterocycles. The zero-order valence-electron chi connectivity index (χ0n) is 9.15. The summed E-state index contributed by atoms with van der Waals surface area (Å²) in [6.45, 7) is 2.15. The van der Waals surface area contributed by atoms with E-state index in [4.69, 9.17) is 0 Å². The van der Waals surface area contributed by atoms with Crippen LogP contribution in [0.25, 0.3) is 0 Å². The lowest BCUT2D eigenvalue weighted by molar-refractivity contribution is -0.112. The minimum absolute atomic E-state index is 0.272. The average molecular weight is 220 g/mol. The van der Waals surface area contributed by atoms with E-state index in [-0.39, 0.29) is 5.78 Å². The van der Waals surface area contributed by atoms with Crippen molar-refractivity contribution in [2.75, 3.05) is 0 Å². The Morgan fingerprint density at radius 2 is 2.00 bits per heavy atom. The Morgan fingerprint density at radius 3 is 2.67 bits per heavy atom. The monoisotopic (exact) mass is 220 g/mol. The molecule has 0 radical (unpaired) electrons. The van der Waals surface area contributed by atoms with Crippen molar-refractivity contribution in [2.24, 2.45) is 0 Å². The molecule has 0 saturated carbocycles. The third-order valence-corrected chi connectivity index (χ3v) is 3.15. The van der Waals surface area contributed by atoms with Crippen molar-refractivity contribution in [3.63, 3.8) is 0 Å². The van der Waals surface area contributed by atoms with Crippen LogP contribution in [0.1, 0.15) is 32.6 Å². The molecule has 1 aromatic carbocycles. The number of hydrogen-bond donors (Lipinski definition) is 0. The summed E-state index contributed by atoms with van der Waals surface area (Å²) < 4.78 is 0. The molecule has 1 rings (SSSR count). The molecule has 0 aliphatic carbocycles. The lowest BCUT2D eigenvalue weighted by Gasteiger charge is -1.94. The van der Waals surface area contributed by atoms with Crippen LogP contribution in [0.15, 0.2) is 30.3 Å². The third kappa shape index (κ3) is 5.49. The SMILES string of the molecule is CCCCCC(=O)C=Pc1ccccc1. The van der Waals surface area contributed by atoms with Gasteiger partial charge in [0.1, 0.15) is 0 Å². The van der Waals surface area contributed by atoms with Crippen molar-refractivity contribution in [2.45, 2.75) is 32.6 Å². The van der Waals surface area contributed by atoms with Gasteiger partial charge in [-0.2, -0.15) is 0 Å². The Labute approximate surface area is 93.3 Å². The van der Waals surface area contributed by atoms with Gasteiger partial charge < -0.3 is 0 Å². The van der Waals surface area contributed by atoms with Crippen molar-refractivity contribution >= 4 is 25.1 Å². The van der Waals surface area contributed by atoms with Crippen LogP contribution in [-0.4, -0.2) is 11.6 Å². The highest BCUT2D eigenvalue weighted by Gasteiger charge is 1.95. The number of Topliss-reactive ketones (excluding diaryl/α,β-unsaturated/α-hetero) is 1. The molecule has 2 heteroatoms. The number of carbonyl (C=O) groups excluding carboxylic acids is 1. The first-order valence-electron chi connectivity index (χ1n) is 5.45. The van der Waals surface area contributed by atoms with E-state index < -0.39 is 0 Å². The molecule has 15 heavy (non-hydrogen) atoms. The molecule has 80 valence electrons. The van der Waals surface area contributed by atoms with Crippen LogP contribution < -0.4 is 5.30 Å². The van der Waals surface area contributed by atoms with E-state index in [0.717, 1.165) is 21.0 Å². The highest BCUT2D eigenvalue weighted by molar-refractivity contribution is 7.49.